The molecule has 0 amide bonds. The molecule has 4 rings (SSSR count). The summed E-state index contributed by atoms with van der Waals surface area (Å²) in [5, 5.41) is 5.40. The summed E-state index contributed by atoms with van der Waals surface area (Å²) in [6.45, 7) is 4.86. The molecule has 0 radical (unpaired) electrons. The topological polar surface area (TPSA) is 56.5 Å². The molecule has 0 bridgehead atoms. The zero-order valence-corrected chi connectivity index (χ0v) is 18.1. The minimum atomic E-state index is -0.230. The Morgan fingerprint density at radius 2 is 1.93 bits per heavy atom. The molecule has 0 N–H and O–H groups in total. The predicted octanol–water partition coefficient (Wildman–Crippen LogP) is 4.71. The van der Waals surface area contributed by atoms with E-state index >= 15 is 0 Å². The van der Waals surface area contributed by atoms with E-state index in [1.807, 2.05) is 24.3 Å². The summed E-state index contributed by atoms with van der Waals surface area (Å²) in [5.74, 6) is 1.75. The zero-order valence-electron chi connectivity index (χ0n) is 15.7. The minimum absolute atomic E-state index is 0.230. The Morgan fingerprint density at radius 3 is 2.59 bits per heavy atom. The van der Waals surface area contributed by atoms with Gasteiger partial charge in [0.2, 0.25) is 4.96 Å². The van der Waals surface area contributed by atoms with Crippen molar-refractivity contribution < 1.29 is 4.74 Å². The van der Waals surface area contributed by atoms with Crippen LogP contribution in [0.4, 0.5) is 0 Å². The molecule has 0 fully saturated rings. The molecular weight excluding hydrogens is 429 g/mol. The van der Waals surface area contributed by atoms with Crippen LogP contribution < -0.4 is 14.8 Å². The molecule has 0 aliphatic heterocycles. The number of benzene rings is 2. The van der Waals surface area contributed by atoms with Gasteiger partial charge in [0.1, 0.15) is 5.75 Å². The van der Waals surface area contributed by atoms with Gasteiger partial charge < -0.3 is 4.74 Å². The van der Waals surface area contributed by atoms with E-state index in [0.29, 0.717) is 37.9 Å². The van der Waals surface area contributed by atoms with Crippen LogP contribution in [0.1, 0.15) is 19.4 Å². The highest BCUT2D eigenvalue weighted by Crippen LogP contribution is 2.22. The summed E-state index contributed by atoms with van der Waals surface area (Å²) >= 11 is 13.4. The second kappa shape index (κ2) is 8.14. The molecule has 0 unspecified atom stereocenters. The van der Waals surface area contributed by atoms with Crippen molar-refractivity contribution in [1.29, 1.82) is 0 Å². The van der Waals surface area contributed by atoms with Crippen LogP contribution in [0.3, 0.4) is 0 Å². The van der Waals surface area contributed by atoms with Crippen molar-refractivity contribution in [3.05, 3.63) is 73.0 Å². The number of fused-ring (bicyclic) bond motifs is 1. The van der Waals surface area contributed by atoms with Crippen LogP contribution in [-0.4, -0.2) is 21.2 Å². The van der Waals surface area contributed by atoms with Crippen LogP contribution in [0, 0.1) is 5.92 Å². The summed E-state index contributed by atoms with van der Waals surface area (Å²) < 4.78 is 7.52. The van der Waals surface area contributed by atoms with Crippen LogP contribution in [0.5, 0.6) is 5.75 Å². The maximum absolute atomic E-state index is 12.7. The van der Waals surface area contributed by atoms with E-state index in [4.69, 9.17) is 27.9 Å². The largest absolute Gasteiger partial charge is 0.493 e. The van der Waals surface area contributed by atoms with Crippen molar-refractivity contribution in [3.63, 3.8) is 0 Å². The van der Waals surface area contributed by atoms with Crippen molar-refractivity contribution >= 4 is 45.6 Å². The third kappa shape index (κ3) is 4.29. The van der Waals surface area contributed by atoms with Gasteiger partial charge in [0.05, 0.1) is 11.1 Å². The van der Waals surface area contributed by atoms with Crippen LogP contribution >= 0.6 is 34.5 Å². The summed E-state index contributed by atoms with van der Waals surface area (Å²) in [4.78, 5) is 17.7. The van der Waals surface area contributed by atoms with Gasteiger partial charge in [-0.2, -0.15) is 9.50 Å². The Kier molecular flexibility index (Phi) is 5.58. The average Bonchev–Trinajstić information content (AvgIpc) is 3.22. The van der Waals surface area contributed by atoms with Gasteiger partial charge in [0, 0.05) is 15.6 Å². The fourth-order valence-electron chi connectivity index (χ4n) is 2.68. The standard InChI is InChI=1S/C21H17Cl2N3O2S/c1-12(2)11-28-16-7-4-13(5-8-16)19-24-21-26(25-19)20(27)18(29-21)9-14-3-6-15(22)10-17(14)23/h3-10,12H,11H2,1-2H3/b18-9-. The smallest absolute Gasteiger partial charge is 0.291 e. The first-order chi connectivity index (χ1) is 13.9. The molecule has 0 aliphatic carbocycles. The number of aromatic nitrogens is 3. The maximum atomic E-state index is 12.7. The third-order valence-corrected chi connectivity index (χ3v) is 5.65. The normalized spacial score (nSPS) is 12.2. The monoisotopic (exact) mass is 445 g/mol. The highest BCUT2D eigenvalue weighted by molar-refractivity contribution is 7.15. The third-order valence-electron chi connectivity index (χ3n) is 4.13. The number of nitrogens with zero attached hydrogens (tertiary/aromatic N) is 3. The van der Waals surface area contributed by atoms with Crippen molar-refractivity contribution in [3.8, 4) is 17.1 Å². The number of hydrogen-bond acceptors (Lipinski definition) is 5. The van der Waals surface area contributed by atoms with Gasteiger partial charge >= 0.3 is 0 Å². The van der Waals surface area contributed by atoms with Crippen LogP contribution in [0.2, 0.25) is 10.0 Å². The number of hydrogen-bond donors (Lipinski definition) is 0. The van der Waals surface area contributed by atoms with E-state index in [-0.39, 0.29) is 5.56 Å². The molecule has 29 heavy (non-hydrogen) atoms. The van der Waals surface area contributed by atoms with Crippen molar-refractivity contribution in [1.82, 2.24) is 14.6 Å². The zero-order chi connectivity index (χ0) is 20.5. The summed E-state index contributed by atoms with van der Waals surface area (Å²) in [6, 6.07) is 12.7. The molecule has 148 valence electrons. The fraction of sp³-hybridized carbons (Fsp3) is 0.190. The van der Waals surface area contributed by atoms with E-state index in [9.17, 15) is 4.79 Å². The van der Waals surface area contributed by atoms with Gasteiger partial charge in [0.15, 0.2) is 5.82 Å². The molecule has 0 saturated carbocycles. The first kappa shape index (κ1) is 19.9. The highest BCUT2D eigenvalue weighted by atomic mass is 35.5. The molecular formula is C21H17Cl2N3O2S. The molecule has 0 saturated heterocycles. The first-order valence-electron chi connectivity index (χ1n) is 9.00. The van der Waals surface area contributed by atoms with Gasteiger partial charge in [-0.3, -0.25) is 4.79 Å². The van der Waals surface area contributed by atoms with E-state index in [0.717, 1.165) is 16.9 Å². The quantitative estimate of drug-likeness (QED) is 0.446. The van der Waals surface area contributed by atoms with Gasteiger partial charge in [-0.05, 0) is 54.0 Å². The molecule has 0 spiro atoms. The van der Waals surface area contributed by atoms with E-state index < -0.39 is 0 Å². The fourth-order valence-corrected chi connectivity index (χ4v) is 4.04. The molecule has 2 aromatic carbocycles. The van der Waals surface area contributed by atoms with E-state index in [2.05, 4.69) is 23.9 Å². The molecule has 0 aliphatic rings. The van der Waals surface area contributed by atoms with Crippen molar-refractivity contribution in [2.75, 3.05) is 6.61 Å². The Hall–Kier alpha value is -2.41. The molecule has 4 aromatic rings. The Balaban J connectivity index is 1.65. The number of halogens is 2. The Morgan fingerprint density at radius 1 is 1.17 bits per heavy atom. The molecule has 2 aromatic heterocycles. The van der Waals surface area contributed by atoms with Crippen LogP contribution in [0.15, 0.2) is 47.3 Å². The molecule has 5 nitrogen and oxygen atoms in total. The van der Waals surface area contributed by atoms with Gasteiger partial charge in [-0.1, -0.05) is 54.5 Å². The first-order valence-corrected chi connectivity index (χ1v) is 10.6. The lowest BCUT2D eigenvalue weighted by atomic mass is 10.2. The summed E-state index contributed by atoms with van der Waals surface area (Å²) in [6.07, 6.45) is 1.72. The predicted molar refractivity (Wildman–Crippen MR) is 118 cm³/mol. The molecule has 8 heteroatoms. The van der Waals surface area contributed by atoms with Gasteiger partial charge in [-0.25, -0.2) is 0 Å². The lowest BCUT2D eigenvalue weighted by Gasteiger charge is -2.08. The van der Waals surface area contributed by atoms with Crippen molar-refractivity contribution in [2.45, 2.75) is 13.8 Å². The Labute approximate surface area is 181 Å². The second-order valence-electron chi connectivity index (χ2n) is 6.94. The summed E-state index contributed by atoms with van der Waals surface area (Å²) in [7, 11) is 0. The minimum Gasteiger partial charge on any atom is -0.493 e. The van der Waals surface area contributed by atoms with Gasteiger partial charge in [0.25, 0.3) is 5.56 Å². The summed E-state index contributed by atoms with van der Waals surface area (Å²) in [5.41, 5.74) is 1.31. The SMILES string of the molecule is CC(C)COc1ccc(-c2nc3s/c(=C\c4ccc(Cl)cc4Cl)c(=O)n3n2)cc1. The average molecular weight is 446 g/mol. The Bertz CT molecular complexity index is 1280. The van der Waals surface area contributed by atoms with Crippen LogP contribution in [0.25, 0.3) is 22.4 Å². The molecule has 0 atom stereocenters. The van der Waals surface area contributed by atoms with Gasteiger partial charge in [-0.15, -0.1) is 5.10 Å². The highest BCUT2D eigenvalue weighted by Gasteiger charge is 2.12. The number of thiazole rings is 1. The maximum Gasteiger partial charge on any atom is 0.291 e. The number of ether oxygens (including phenoxy) is 1. The van der Waals surface area contributed by atoms with Crippen LogP contribution in [-0.2, 0) is 0 Å². The lowest BCUT2D eigenvalue weighted by Crippen LogP contribution is -2.23. The number of rotatable bonds is 5. The lowest BCUT2D eigenvalue weighted by molar-refractivity contribution is 0.271. The van der Waals surface area contributed by atoms with E-state index in [1.165, 1.54) is 15.9 Å². The van der Waals surface area contributed by atoms with E-state index in [1.54, 1.807) is 24.3 Å². The molecule has 2 heterocycles. The van der Waals surface area contributed by atoms with Crippen molar-refractivity contribution in [2.24, 2.45) is 5.92 Å². The second-order valence-corrected chi connectivity index (χ2v) is 8.79.